The number of hydrogen-bond donors (Lipinski definition) is 1. The maximum absolute atomic E-state index is 11.5. The molecule has 0 bridgehead atoms. The van der Waals surface area contributed by atoms with Crippen LogP contribution in [0.5, 0.6) is 0 Å². The summed E-state index contributed by atoms with van der Waals surface area (Å²) < 4.78 is 0. The van der Waals surface area contributed by atoms with Gasteiger partial charge in [0.1, 0.15) is 5.78 Å². The van der Waals surface area contributed by atoms with Crippen LogP contribution in [0.3, 0.4) is 0 Å². The topological polar surface area (TPSA) is 54.4 Å². The lowest BCUT2D eigenvalue weighted by Gasteiger charge is -1.98. The van der Waals surface area contributed by atoms with Gasteiger partial charge in [-0.05, 0) is 38.5 Å². The van der Waals surface area contributed by atoms with Crippen molar-refractivity contribution in [3.05, 3.63) is 24.3 Å². The molecule has 0 saturated heterocycles. The van der Waals surface area contributed by atoms with Gasteiger partial charge in [0.25, 0.3) is 0 Å². The molecular formula is C18H30O3. The Kier molecular flexibility index (Phi) is 14.0. The molecule has 120 valence electrons. The molecule has 0 fully saturated rings. The van der Waals surface area contributed by atoms with Crippen molar-refractivity contribution in [1.82, 2.24) is 0 Å². The van der Waals surface area contributed by atoms with Gasteiger partial charge in [-0.3, -0.25) is 9.59 Å². The second-order valence-corrected chi connectivity index (χ2v) is 5.35. The molecule has 0 aromatic rings. The number of aliphatic carboxylic acids is 1. The first-order valence-electron chi connectivity index (χ1n) is 8.20. The van der Waals surface area contributed by atoms with Gasteiger partial charge >= 0.3 is 5.97 Å². The van der Waals surface area contributed by atoms with Crippen LogP contribution in [0.2, 0.25) is 0 Å². The molecule has 0 atom stereocenters. The molecule has 0 aliphatic heterocycles. The second-order valence-electron chi connectivity index (χ2n) is 5.35. The number of hydrogen-bond acceptors (Lipinski definition) is 2. The molecular weight excluding hydrogens is 264 g/mol. The zero-order valence-corrected chi connectivity index (χ0v) is 13.4. The van der Waals surface area contributed by atoms with E-state index in [1.165, 1.54) is 19.3 Å². The van der Waals surface area contributed by atoms with Crippen molar-refractivity contribution in [2.24, 2.45) is 0 Å². The number of unbranched alkanes of at least 4 members (excludes halogenated alkanes) is 4. The lowest BCUT2D eigenvalue weighted by atomic mass is 10.1. The quantitative estimate of drug-likeness (QED) is 0.360. The Morgan fingerprint density at radius 2 is 1.48 bits per heavy atom. The fourth-order valence-corrected chi connectivity index (χ4v) is 1.99. The number of Topliss-reactive ketones (excluding diaryl/α,β-unsaturated/α-hetero) is 1. The Morgan fingerprint density at radius 1 is 0.810 bits per heavy atom. The van der Waals surface area contributed by atoms with Crippen LogP contribution in [0, 0.1) is 0 Å². The van der Waals surface area contributed by atoms with Crippen molar-refractivity contribution in [2.45, 2.75) is 77.6 Å². The van der Waals surface area contributed by atoms with Crippen LogP contribution in [-0.4, -0.2) is 16.9 Å². The molecule has 0 aromatic heterocycles. The Balaban J connectivity index is 3.41. The number of carbonyl (C=O) groups excluding carboxylic acids is 1. The van der Waals surface area contributed by atoms with Crippen molar-refractivity contribution in [1.29, 1.82) is 0 Å². The summed E-state index contributed by atoms with van der Waals surface area (Å²) in [7, 11) is 0. The predicted molar refractivity (Wildman–Crippen MR) is 87.4 cm³/mol. The van der Waals surface area contributed by atoms with Gasteiger partial charge in [0, 0.05) is 19.3 Å². The van der Waals surface area contributed by atoms with E-state index in [4.69, 9.17) is 5.11 Å². The first-order valence-corrected chi connectivity index (χ1v) is 8.20. The van der Waals surface area contributed by atoms with E-state index in [0.717, 1.165) is 19.3 Å². The smallest absolute Gasteiger partial charge is 0.303 e. The Bertz CT molecular complexity index is 329. The van der Waals surface area contributed by atoms with E-state index >= 15 is 0 Å². The molecule has 0 heterocycles. The average molecular weight is 294 g/mol. The van der Waals surface area contributed by atoms with E-state index in [-0.39, 0.29) is 12.2 Å². The Hall–Kier alpha value is -1.38. The summed E-state index contributed by atoms with van der Waals surface area (Å²) in [6, 6.07) is 0. The predicted octanol–water partition coefficient (Wildman–Crippen LogP) is 5.06. The minimum Gasteiger partial charge on any atom is -0.481 e. The Labute approximate surface area is 129 Å². The van der Waals surface area contributed by atoms with Crippen molar-refractivity contribution in [2.75, 3.05) is 0 Å². The van der Waals surface area contributed by atoms with Gasteiger partial charge in [0.15, 0.2) is 0 Å². The van der Waals surface area contributed by atoms with E-state index in [0.29, 0.717) is 25.7 Å². The van der Waals surface area contributed by atoms with Crippen LogP contribution in [0.15, 0.2) is 24.3 Å². The normalized spacial score (nSPS) is 11.5. The van der Waals surface area contributed by atoms with Crippen LogP contribution in [0.4, 0.5) is 0 Å². The van der Waals surface area contributed by atoms with E-state index in [9.17, 15) is 9.59 Å². The lowest BCUT2D eigenvalue weighted by molar-refractivity contribution is -0.137. The van der Waals surface area contributed by atoms with Gasteiger partial charge in [0.2, 0.25) is 0 Å². The highest BCUT2D eigenvalue weighted by Gasteiger charge is 2.02. The van der Waals surface area contributed by atoms with Gasteiger partial charge < -0.3 is 5.11 Å². The molecule has 0 aromatic carbocycles. The average Bonchev–Trinajstić information content (AvgIpc) is 2.45. The second kappa shape index (κ2) is 15.0. The van der Waals surface area contributed by atoms with Crippen LogP contribution < -0.4 is 0 Å². The first kappa shape index (κ1) is 19.6. The highest BCUT2D eigenvalue weighted by molar-refractivity contribution is 5.78. The molecule has 3 heteroatoms. The van der Waals surface area contributed by atoms with Gasteiger partial charge in [-0.1, -0.05) is 44.1 Å². The molecule has 21 heavy (non-hydrogen) atoms. The maximum Gasteiger partial charge on any atom is 0.303 e. The molecule has 0 unspecified atom stereocenters. The highest BCUT2D eigenvalue weighted by atomic mass is 16.4. The Morgan fingerprint density at radius 3 is 2.14 bits per heavy atom. The number of carboxylic acids is 1. The van der Waals surface area contributed by atoms with E-state index in [2.05, 4.69) is 31.2 Å². The molecule has 0 amide bonds. The molecule has 0 aliphatic carbocycles. The molecule has 0 spiro atoms. The molecule has 0 saturated carbocycles. The minimum atomic E-state index is -0.784. The van der Waals surface area contributed by atoms with Gasteiger partial charge in [-0.25, -0.2) is 0 Å². The van der Waals surface area contributed by atoms with Crippen LogP contribution in [-0.2, 0) is 9.59 Å². The van der Waals surface area contributed by atoms with Crippen molar-refractivity contribution < 1.29 is 14.7 Å². The lowest BCUT2D eigenvalue weighted by Crippen LogP contribution is -1.99. The number of rotatable bonds is 14. The number of ketones is 1. The van der Waals surface area contributed by atoms with Crippen LogP contribution >= 0.6 is 0 Å². The standard InChI is InChI=1S/C18H30O3/c1-2-3-4-5-6-7-8-9-10-11-14-17(19)15-12-13-16-18(20)21/h6-7,9-10H,2-5,8,11-16H2,1H3,(H,20,21). The first-order chi connectivity index (χ1) is 10.2. The molecule has 0 aliphatic rings. The molecule has 3 nitrogen and oxygen atoms in total. The van der Waals surface area contributed by atoms with Gasteiger partial charge in [0.05, 0.1) is 0 Å². The summed E-state index contributed by atoms with van der Waals surface area (Å²) in [5.74, 6) is -0.548. The summed E-state index contributed by atoms with van der Waals surface area (Å²) in [5, 5.41) is 8.48. The van der Waals surface area contributed by atoms with Crippen LogP contribution in [0.1, 0.15) is 77.6 Å². The highest BCUT2D eigenvalue weighted by Crippen LogP contribution is 2.05. The van der Waals surface area contributed by atoms with Crippen molar-refractivity contribution in [3.8, 4) is 0 Å². The minimum absolute atomic E-state index is 0.164. The van der Waals surface area contributed by atoms with Crippen molar-refractivity contribution >= 4 is 11.8 Å². The van der Waals surface area contributed by atoms with E-state index in [1.54, 1.807) is 0 Å². The fraction of sp³-hybridized carbons (Fsp3) is 0.667. The van der Waals surface area contributed by atoms with Gasteiger partial charge in [-0.15, -0.1) is 0 Å². The number of carbonyl (C=O) groups is 2. The summed E-state index contributed by atoms with van der Waals surface area (Å²) >= 11 is 0. The molecule has 1 N–H and O–H groups in total. The third-order valence-electron chi connectivity index (χ3n) is 3.27. The zero-order chi connectivity index (χ0) is 15.8. The van der Waals surface area contributed by atoms with E-state index < -0.39 is 5.97 Å². The molecule has 0 rings (SSSR count). The third-order valence-corrected chi connectivity index (χ3v) is 3.27. The summed E-state index contributed by atoms with van der Waals surface area (Å²) in [4.78, 5) is 21.8. The molecule has 0 radical (unpaired) electrons. The number of carboxylic acid groups (broad SMARTS) is 1. The van der Waals surface area contributed by atoms with Gasteiger partial charge in [-0.2, -0.15) is 0 Å². The monoisotopic (exact) mass is 294 g/mol. The largest absolute Gasteiger partial charge is 0.481 e. The summed E-state index contributed by atoms with van der Waals surface area (Å²) in [6.45, 7) is 2.21. The number of allylic oxidation sites excluding steroid dienone is 4. The van der Waals surface area contributed by atoms with Crippen LogP contribution in [0.25, 0.3) is 0 Å². The zero-order valence-electron chi connectivity index (χ0n) is 13.4. The SMILES string of the molecule is CCCCCC=CCC=CCCC(=O)CCCCC(=O)O. The van der Waals surface area contributed by atoms with E-state index in [1.807, 2.05) is 0 Å². The maximum atomic E-state index is 11.5. The summed E-state index contributed by atoms with van der Waals surface area (Å²) in [6.07, 6.45) is 17.8. The third kappa shape index (κ3) is 16.6. The fourth-order valence-electron chi connectivity index (χ4n) is 1.99. The summed E-state index contributed by atoms with van der Waals surface area (Å²) in [5.41, 5.74) is 0. The van der Waals surface area contributed by atoms with Crippen molar-refractivity contribution in [3.63, 3.8) is 0 Å².